The van der Waals surface area contributed by atoms with Gasteiger partial charge in [-0.05, 0) is 32.0 Å². The number of piperidine rings is 1. The molecule has 1 fully saturated rings. The van der Waals surface area contributed by atoms with Crippen molar-refractivity contribution in [1.82, 2.24) is 21.2 Å². The van der Waals surface area contributed by atoms with E-state index in [1.165, 1.54) is 5.69 Å². The van der Waals surface area contributed by atoms with Gasteiger partial charge in [-0.15, -0.1) is 0 Å². The fourth-order valence-electron chi connectivity index (χ4n) is 2.22. The van der Waals surface area contributed by atoms with Gasteiger partial charge >= 0.3 is 0 Å². The summed E-state index contributed by atoms with van der Waals surface area (Å²) in [5, 5.41) is 2.82. The molecule has 0 unspecified atom stereocenters. The summed E-state index contributed by atoms with van der Waals surface area (Å²) in [6.07, 6.45) is 5.67. The number of carbonyl (C=O) groups excluding carboxylic acids is 1. The van der Waals surface area contributed by atoms with Crippen LogP contribution in [0.15, 0.2) is 24.5 Å². The Morgan fingerprint density at radius 1 is 1.37 bits per heavy atom. The molecule has 1 aromatic heterocycles. The number of hydrazine groups is 1. The standard InChI is InChI=1S/C13H21N5O/c1-14-10-13(19)17-16-11-4-8-18(9-5-11)12-2-6-15-7-3-12/h2-3,6-7,11,14,16H,4-5,8-10H2,1H3,(H,17,19). The number of hydrogen-bond acceptors (Lipinski definition) is 5. The Kier molecular flexibility index (Phi) is 5.11. The summed E-state index contributed by atoms with van der Waals surface area (Å²) in [6, 6.07) is 4.41. The molecule has 2 rings (SSSR count). The largest absolute Gasteiger partial charge is 0.371 e. The molecule has 1 saturated heterocycles. The monoisotopic (exact) mass is 263 g/mol. The third-order valence-electron chi connectivity index (χ3n) is 3.28. The maximum atomic E-state index is 11.3. The van der Waals surface area contributed by atoms with E-state index in [9.17, 15) is 4.79 Å². The minimum absolute atomic E-state index is 0.0286. The topological polar surface area (TPSA) is 69.3 Å². The molecule has 0 spiro atoms. The molecule has 0 saturated carbocycles. The highest BCUT2D eigenvalue weighted by atomic mass is 16.2. The number of likely N-dealkylation sites (N-methyl/N-ethyl adjacent to an activating group) is 1. The minimum Gasteiger partial charge on any atom is -0.371 e. The van der Waals surface area contributed by atoms with E-state index in [1.807, 2.05) is 24.5 Å². The molecule has 0 aliphatic carbocycles. The molecule has 6 nitrogen and oxygen atoms in total. The second kappa shape index (κ2) is 7.06. The summed E-state index contributed by atoms with van der Waals surface area (Å²) in [7, 11) is 1.76. The van der Waals surface area contributed by atoms with Crippen LogP contribution < -0.4 is 21.1 Å². The van der Waals surface area contributed by atoms with E-state index in [0.717, 1.165) is 25.9 Å². The van der Waals surface area contributed by atoms with Crippen LogP contribution in [-0.4, -0.2) is 43.6 Å². The normalized spacial score (nSPS) is 16.4. The third kappa shape index (κ3) is 4.18. The zero-order valence-corrected chi connectivity index (χ0v) is 11.2. The SMILES string of the molecule is CNCC(=O)NNC1CCN(c2ccncc2)CC1. The van der Waals surface area contributed by atoms with Crippen molar-refractivity contribution >= 4 is 11.6 Å². The van der Waals surface area contributed by atoms with E-state index >= 15 is 0 Å². The van der Waals surface area contributed by atoms with Crippen molar-refractivity contribution < 1.29 is 4.79 Å². The lowest BCUT2D eigenvalue weighted by Crippen LogP contribution is -2.51. The number of nitrogens with zero attached hydrogens (tertiary/aromatic N) is 2. The van der Waals surface area contributed by atoms with Crippen LogP contribution in [0.25, 0.3) is 0 Å². The van der Waals surface area contributed by atoms with Gasteiger partial charge in [-0.2, -0.15) is 0 Å². The molecule has 1 aliphatic rings. The maximum absolute atomic E-state index is 11.3. The van der Waals surface area contributed by atoms with Crippen LogP contribution in [0.2, 0.25) is 0 Å². The Morgan fingerprint density at radius 2 is 2.05 bits per heavy atom. The molecular weight excluding hydrogens is 242 g/mol. The highest BCUT2D eigenvalue weighted by Gasteiger charge is 2.19. The molecule has 1 aromatic rings. The number of anilines is 1. The number of hydrogen-bond donors (Lipinski definition) is 3. The van der Waals surface area contributed by atoms with E-state index in [1.54, 1.807) is 7.05 Å². The summed E-state index contributed by atoms with van der Waals surface area (Å²) >= 11 is 0. The molecule has 2 heterocycles. The van der Waals surface area contributed by atoms with Crippen molar-refractivity contribution in [2.75, 3.05) is 31.6 Å². The fraction of sp³-hybridized carbons (Fsp3) is 0.538. The van der Waals surface area contributed by atoms with E-state index in [4.69, 9.17) is 0 Å². The number of carbonyl (C=O) groups is 1. The van der Waals surface area contributed by atoms with E-state index in [-0.39, 0.29) is 5.91 Å². The van der Waals surface area contributed by atoms with Gasteiger partial charge in [0.15, 0.2) is 0 Å². The zero-order valence-electron chi connectivity index (χ0n) is 11.2. The second-order valence-electron chi connectivity index (χ2n) is 4.69. The molecule has 19 heavy (non-hydrogen) atoms. The van der Waals surface area contributed by atoms with Crippen molar-refractivity contribution in [1.29, 1.82) is 0 Å². The number of rotatable bonds is 5. The zero-order chi connectivity index (χ0) is 13.5. The Hall–Kier alpha value is -1.66. The lowest BCUT2D eigenvalue weighted by Gasteiger charge is -2.33. The van der Waals surface area contributed by atoms with Gasteiger partial charge in [-0.25, -0.2) is 5.43 Å². The molecule has 104 valence electrons. The van der Waals surface area contributed by atoms with Crippen molar-refractivity contribution in [3.05, 3.63) is 24.5 Å². The first-order chi connectivity index (χ1) is 9.29. The van der Waals surface area contributed by atoms with Gasteiger partial charge in [0, 0.05) is 37.2 Å². The summed E-state index contributed by atoms with van der Waals surface area (Å²) in [5.74, 6) is -0.0286. The molecule has 1 amide bonds. The average Bonchev–Trinajstić information content (AvgIpc) is 2.47. The van der Waals surface area contributed by atoms with E-state index < -0.39 is 0 Å². The Morgan fingerprint density at radius 3 is 2.68 bits per heavy atom. The first-order valence-electron chi connectivity index (χ1n) is 6.63. The fourth-order valence-corrected chi connectivity index (χ4v) is 2.22. The first-order valence-corrected chi connectivity index (χ1v) is 6.63. The van der Waals surface area contributed by atoms with Crippen molar-refractivity contribution in [2.45, 2.75) is 18.9 Å². The number of aromatic nitrogens is 1. The van der Waals surface area contributed by atoms with Crippen LogP contribution in [0.3, 0.4) is 0 Å². The van der Waals surface area contributed by atoms with Gasteiger partial charge in [0.1, 0.15) is 0 Å². The van der Waals surface area contributed by atoms with Crippen molar-refractivity contribution in [3.8, 4) is 0 Å². The highest BCUT2D eigenvalue weighted by Crippen LogP contribution is 2.18. The molecular formula is C13H21N5O. The van der Waals surface area contributed by atoms with Gasteiger partial charge in [0.25, 0.3) is 0 Å². The molecule has 6 heteroatoms. The summed E-state index contributed by atoms with van der Waals surface area (Å²) in [4.78, 5) is 17.7. The summed E-state index contributed by atoms with van der Waals surface area (Å²) < 4.78 is 0. The van der Waals surface area contributed by atoms with Crippen LogP contribution in [0.4, 0.5) is 5.69 Å². The van der Waals surface area contributed by atoms with Gasteiger partial charge in [0.05, 0.1) is 6.54 Å². The van der Waals surface area contributed by atoms with Crippen LogP contribution in [0.5, 0.6) is 0 Å². The Balaban J connectivity index is 1.72. The molecule has 3 N–H and O–H groups in total. The van der Waals surface area contributed by atoms with E-state index in [0.29, 0.717) is 12.6 Å². The molecule has 1 aliphatic heterocycles. The maximum Gasteiger partial charge on any atom is 0.248 e. The lowest BCUT2D eigenvalue weighted by atomic mass is 10.1. The highest BCUT2D eigenvalue weighted by molar-refractivity contribution is 5.77. The Bertz CT molecular complexity index is 389. The minimum atomic E-state index is -0.0286. The lowest BCUT2D eigenvalue weighted by molar-refractivity contribution is -0.121. The first kappa shape index (κ1) is 13.8. The quantitative estimate of drug-likeness (QED) is 0.647. The van der Waals surface area contributed by atoms with Crippen molar-refractivity contribution in [3.63, 3.8) is 0 Å². The molecule has 0 bridgehead atoms. The third-order valence-corrected chi connectivity index (χ3v) is 3.28. The van der Waals surface area contributed by atoms with Crippen LogP contribution in [0, 0.1) is 0 Å². The summed E-state index contributed by atoms with van der Waals surface area (Å²) in [5.41, 5.74) is 7.04. The van der Waals surface area contributed by atoms with Gasteiger partial charge < -0.3 is 10.2 Å². The van der Waals surface area contributed by atoms with Crippen molar-refractivity contribution in [2.24, 2.45) is 0 Å². The van der Waals surface area contributed by atoms with Crippen LogP contribution >= 0.6 is 0 Å². The van der Waals surface area contributed by atoms with Gasteiger partial charge in [-0.1, -0.05) is 0 Å². The summed E-state index contributed by atoms with van der Waals surface area (Å²) in [6.45, 7) is 2.32. The predicted molar refractivity (Wildman–Crippen MR) is 74.7 cm³/mol. The van der Waals surface area contributed by atoms with Crippen LogP contribution in [-0.2, 0) is 4.79 Å². The molecule has 0 aromatic carbocycles. The average molecular weight is 263 g/mol. The van der Waals surface area contributed by atoms with Gasteiger partial charge in [0.2, 0.25) is 5.91 Å². The Labute approximate surface area is 113 Å². The second-order valence-corrected chi connectivity index (χ2v) is 4.69. The van der Waals surface area contributed by atoms with Gasteiger partial charge in [-0.3, -0.25) is 15.2 Å². The number of pyridine rings is 1. The number of amides is 1. The van der Waals surface area contributed by atoms with E-state index in [2.05, 4.69) is 26.1 Å². The molecule has 0 radical (unpaired) electrons. The molecule has 0 atom stereocenters. The van der Waals surface area contributed by atoms with Crippen LogP contribution in [0.1, 0.15) is 12.8 Å². The number of nitrogens with one attached hydrogen (secondary N) is 3. The predicted octanol–water partition coefficient (Wildman–Crippen LogP) is -0.109. The smallest absolute Gasteiger partial charge is 0.248 e.